The van der Waals surface area contributed by atoms with Crippen molar-refractivity contribution in [2.75, 3.05) is 18.0 Å². The predicted octanol–water partition coefficient (Wildman–Crippen LogP) is 3.19. The summed E-state index contributed by atoms with van der Waals surface area (Å²) < 4.78 is 5.82. The summed E-state index contributed by atoms with van der Waals surface area (Å²) in [5, 5.41) is 2.88. The third-order valence-corrected chi connectivity index (χ3v) is 4.49. The molecule has 28 heavy (non-hydrogen) atoms. The lowest BCUT2D eigenvalue weighted by Gasteiger charge is -2.21. The lowest BCUT2D eigenvalue weighted by atomic mass is 10.1. The van der Waals surface area contributed by atoms with E-state index < -0.39 is 0 Å². The summed E-state index contributed by atoms with van der Waals surface area (Å²) in [7, 11) is 0. The number of carbonyl (C=O) groups is 2. The molecule has 1 aliphatic heterocycles. The molecule has 0 atom stereocenters. The van der Waals surface area contributed by atoms with E-state index in [0.29, 0.717) is 23.5 Å². The van der Waals surface area contributed by atoms with Crippen LogP contribution in [0.15, 0.2) is 72.9 Å². The van der Waals surface area contributed by atoms with Gasteiger partial charge in [0.2, 0.25) is 11.8 Å². The van der Waals surface area contributed by atoms with Crippen molar-refractivity contribution in [2.24, 2.45) is 0 Å². The Morgan fingerprint density at radius 3 is 2.64 bits per heavy atom. The Balaban J connectivity index is 1.51. The molecule has 3 aromatic rings. The quantitative estimate of drug-likeness (QED) is 0.746. The zero-order valence-electron chi connectivity index (χ0n) is 15.2. The number of nitrogens with one attached hydrogen (secondary N) is 1. The fourth-order valence-electron chi connectivity index (χ4n) is 3.11. The van der Waals surface area contributed by atoms with Crippen LogP contribution in [-0.2, 0) is 11.2 Å². The number of hydrogen-bond acceptors (Lipinski definition) is 4. The van der Waals surface area contributed by atoms with Crippen molar-refractivity contribution in [3.8, 4) is 11.6 Å². The van der Waals surface area contributed by atoms with E-state index in [1.807, 2.05) is 36.4 Å². The van der Waals surface area contributed by atoms with Crippen molar-refractivity contribution in [1.29, 1.82) is 0 Å². The highest BCUT2D eigenvalue weighted by Gasteiger charge is 2.29. The van der Waals surface area contributed by atoms with Crippen molar-refractivity contribution in [3.63, 3.8) is 0 Å². The summed E-state index contributed by atoms with van der Waals surface area (Å²) >= 11 is 0. The van der Waals surface area contributed by atoms with Gasteiger partial charge in [-0.2, -0.15) is 0 Å². The number of fused-ring (bicyclic) bond motifs is 2. The van der Waals surface area contributed by atoms with Gasteiger partial charge in [0.1, 0.15) is 12.1 Å². The minimum absolute atomic E-state index is 0.0949. The predicted molar refractivity (Wildman–Crippen MR) is 106 cm³/mol. The second-order valence-electron chi connectivity index (χ2n) is 6.40. The largest absolute Gasteiger partial charge is 0.436 e. The van der Waals surface area contributed by atoms with Crippen LogP contribution in [-0.4, -0.2) is 29.9 Å². The van der Waals surface area contributed by atoms with Crippen molar-refractivity contribution in [1.82, 2.24) is 10.3 Å². The van der Waals surface area contributed by atoms with E-state index in [-0.39, 0.29) is 24.2 Å². The van der Waals surface area contributed by atoms with Gasteiger partial charge in [0.15, 0.2) is 5.75 Å². The van der Waals surface area contributed by atoms with Crippen LogP contribution in [0.5, 0.6) is 11.6 Å². The minimum Gasteiger partial charge on any atom is -0.436 e. The number of carbonyl (C=O) groups excluding carboxylic acids is 2. The summed E-state index contributed by atoms with van der Waals surface area (Å²) in [5.74, 6) is 0.190. The average Bonchev–Trinajstić information content (AvgIpc) is 2.84. The lowest BCUT2D eigenvalue weighted by Crippen LogP contribution is -2.41. The molecule has 140 valence electrons. The van der Waals surface area contributed by atoms with E-state index in [9.17, 15) is 9.59 Å². The molecule has 6 nitrogen and oxygen atoms in total. The Kier molecular flexibility index (Phi) is 5.01. The Hall–Kier alpha value is -3.67. The molecule has 4 rings (SSSR count). The maximum atomic E-state index is 13.1. The van der Waals surface area contributed by atoms with E-state index in [4.69, 9.17) is 4.74 Å². The molecule has 0 radical (unpaired) electrons. The number of anilines is 1. The monoisotopic (exact) mass is 373 g/mol. The Morgan fingerprint density at radius 2 is 1.79 bits per heavy atom. The number of pyridine rings is 1. The first kappa shape index (κ1) is 17.7. The molecule has 6 heteroatoms. The van der Waals surface area contributed by atoms with Crippen LogP contribution < -0.4 is 15.0 Å². The molecule has 0 saturated heterocycles. The molecule has 1 aliphatic rings. The number of rotatable bonds is 5. The minimum atomic E-state index is -0.314. The molecule has 2 heterocycles. The first-order valence-electron chi connectivity index (χ1n) is 9.07. The molecule has 0 unspecified atom stereocenters. The van der Waals surface area contributed by atoms with Gasteiger partial charge in [0, 0.05) is 12.7 Å². The lowest BCUT2D eigenvalue weighted by molar-refractivity contribution is -0.119. The molecule has 2 amide bonds. The van der Waals surface area contributed by atoms with E-state index in [1.54, 1.807) is 36.5 Å². The van der Waals surface area contributed by atoms with Crippen LogP contribution >= 0.6 is 0 Å². The second-order valence-corrected chi connectivity index (χ2v) is 6.40. The van der Waals surface area contributed by atoms with E-state index >= 15 is 0 Å². The number of benzene rings is 2. The number of amides is 2. The Labute approximate surface area is 162 Å². The molecule has 0 fully saturated rings. The van der Waals surface area contributed by atoms with Gasteiger partial charge < -0.3 is 10.1 Å². The number of para-hydroxylation sites is 2. The van der Waals surface area contributed by atoms with Gasteiger partial charge in [-0.3, -0.25) is 14.5 Å². The van der Waals surface area contributed by atoms with Crippen LogP contribution in [0.25, 0.3) is 0 Å². The average molecular weight is 373 g/mol. The second kappa shape index (κ2) is 7.92. The summed E-state index contributed by atoms with van der Waals surface area (Å²) in [6.45, 7) is 0.406. The van der Waals surface area contributed by atoms with E-state index in [0.717, 1.165) is 12.0 Å². The number of ether oxygens (including phenoxy) is 1. The Bertz CT molecular complexity index is 1000. The zero-order valence-corrected chi connectivity index (χ0v) is 15.2. The summed E-state index contributed by atoms with van der Waals surface area (Å²) in [6.07, 6.45) is 2.30. The Morgan fingerprint density at radius 1 is 1.00 bits per heavy atom. The maximum absolute atomic E-state index is 13.1. The molecule has 0 bridgehead atoms. The van der Waals surface area contributed by atoms with Gasteiger partial charge in [0.05, 0.1) is 5.69 Å². The van der Waals surface area contributed by atoms with Crippen molar-refractivity contribution >= 4 is 17.5 Å². The molecule has 0 spiro atoms. The SMILES string of the molecule is O=C(CN1C(=O)c2cccnc2Oc2ccccc21)NCCc1ccccc1. The summed E-state index contributed by atoms with van der Waals surface area (Å²) in [4.78, 5) is 31.2. The van der Waals surface area contributed by atoms with Crippen LogP contribution in [0.1, 0.15) is 15.9 Å². The van der Waals surface area contributed by atoms with Gasteiger partial charge in [-0.05, 0) is 36.2 Å². The number of nitrogens with zero attached hydrogens (tertiary/aromatic N) is 2. The van der Waals surface area contributed by atoms with Gasteiger partial charge >= 0.3 is 0 Å². The topological polar surface area (TPSA) is 71.5 Å². The highest BCUT2D eigenvalue weighted by atomic mass is 16.5. The molecule has 0 saturated carbocycles. The summed E-state index contributed by atoms with van der Waals surface area (Å²) in [6, 6.07) is 20.4. The molecule has 1 N–H and O–H groups in total. The van der Waals surface area contributed by atoms with Gasteiger partial charge in [0.25, 0.3) is 5.91 Å². The molecule has 0 aliphatic carbocycles. The fourth-order valence-corrected chi connectivity index (χ4v) is 3.11. The number of aromatic nitrogens is 1. The van der Waals surface area contributed by atoms with Crippen LogP contribution in [0.3, 0.4) is 0 Å². The van der Waals surface area contributed by atoms with Crippen LogP contribution in [0.2, 0.25) is 0 Å². The standard InChI is InChI=1S/C22H19N3O3/c26-20(23-14-12-16-7-2-1-3-8-16)15-25-18-10-4-5-11-19(18)28-21-17(22(25)27)9-6-13-24-21/h1-11,13H,12,14-15H2,(H,23,26). The van der Waals surface area contributed by atoms with Crippen LogP contribution in [0.4, 0.5) is 5.69 Å². The van der Waals surface area contributed by atoms with Crippen molar-refractivity contribution in [3.05, 3.63) is 84.1 Å². The van der Waals surface area contributed by atoms with Crippen molar-refractivity contribution in [2.45, 2.75) is 6.42 Å². The summed E-state index contributed by atoms with van der Waals surface area (Å²) in [5.41, 5.74) is 2.02. The maximum Gasteiger partial charge on any atom is 0.264 e. The highest BCUT2D eigenvalue weighted by molar-refractivity contribution is 6.11. The van der Waals surface area contributed by atoms with Crippen LogP contribution in [0, 0.1) is 0 Å². The third-order valence-electron chi connectivity index (χ3n) is 4.49. The smallest absolute Gasteiger partial charge is 0.264 e. The molecular weight excluding hydrogens is 354 g/mol. The zero-order chi connectivity index (χ0) is 19.3. The van der Waals surface area contributed by atoms with Gasteiger partial charge in [-0.15, -0.1) is 0 Å². The third kappa shape index (κ3) is 3.71. The van der Waals surface area contributed by atoms with E-state index in [1.165, 1.54) is 4.90 Å². The van der Waals surface area contributed by atoms with Gasteiger partial charge in [-0.1, -0.05) is 42.5 Å². The molecule has 1 aromatic heterocycles. The van der Waals surface area contributed by atoms with Gasteiger partial charge in [-0.25, -0.2) is 4.98 Å². The van der Waals surface area contributed by atoms with E-state index in [2.05, 4.69) is 10.3 Å². The first-order valence-corrected chi connectivity index (χ1v) is 9.07. The molecular formula is C22H19N3O3. The fraction of sp³-hybridized carbons (Fsp3) is 0.136. The normalized spacial score (nSPS) is 12.4. The first-order chi connectivity index (χ1) is 13.7. The molecule has 2 aromatic carbocycles. The highest BCUT2D eigenvalue weighted by Crippen LogP contribution is 2.37. The van der Waals surface area contributed by atoms with Crippen molar-refractivity contribution < 1.29 is 14.3 Å². The number of hydrogen-bond donors (Lipinski definition) is 1.